The van der Waals surface area contributed by atoms with Crippen LogP contribution in [0.1, 0.15) is 10.4 Å². The van der Waals surface area contributed by atoms with E-state index in [1.165, 1.54) is 44.4 Å². The molecule has 1 amide bonds. The van der Waals surface area contributed by atoms with E-state index in [0.717, 1.165) is 16.4 Å². The molecule has 2 aromatic rings. The predicted molar refractivity (Wildman–Crippen MR) is 100 cm³/mol. The van der Waals surface area contributed by atoms with Gasteiger partial charge in [-0.1, -0.05) is 6.07 Å². The third-order valence-electron chi connectivity index (χ3n) is 3.38. The average molecular weight is 459 g/mol. The van der Waals surface area contributed by atoms with E-state index in [-0.39, 0.29) is 20.6 Å². The second kappa shape index (κ2) is 8.59. The van der Waals surface area contributed by atoms with Crippen molar-refractivity contribution in [2.45, 2.75) is 4.90 Å². The molecule has 0 aliphatic heterocycles. The molecule has 0 heterocycles. The number of sulfonamides is 1. The van der Waals surface area contributed by atoms with Crippen molar-refractivity contribution in [3.05, 3.63) is 58.3 Å². The van der Waals surface area contributed by atoms with E-state index in [2.05, 4.69) is 21.2 Å². The number of carbonyl (C=O) groups is 2. The molecule has 0 saturated carbocycles. The van der Waals surface area contributed by atoms with Gasteiger partial charge >= 0.3 is 5.97 Å². The van der Waals surface area contributed by atoms with Gasteiger partial charge in [-0.15, -0.1) is 0 Å². The van der Waals surface area contributed by atoms with E-state index >= 15 is 0 Å². The lowest BCUT2D eigenvalue weighted by Gasteiger charge is -2.13. The van der Waals surface area contributed by atoms with Gasteiger partial charge in [-0.25, -0.2) is 21.9 Å². The molecule has 0 fully saturated rings. The number of esters is 1. The van der Waals surface area contributed by atoms with E-state index in [4.69, 9.17) is 4.74 Å². The summed E-state index contributed by atoms with van der Waals surface area (Å²) < 4.78 is 43.4. The summed E-state index contributed by atoms with van der Waals surface area (Å²) in [6, 6.07) is 9.11. The van der Waals surface area contributed by atoms with Crippen LogP contribution < -0.4 is 5.32 Å². The lowest BCUT2D eigenvalue weighted by atomic mass is 10.2. The molecular weight excluding hydrogens is 443 g/mol. The highest BCUT2D eigenvalue weighted by Gasteiger charge is 2.18. The van der Waals surface area contributed by atoms with Crippen molar-refractivity contribution in [1.82, 2.24) is 4.31 Å². The maximum atomic E-state index is 13.0. The van der Waals surface area contributed by atoms with E-state index < -0.39 is 34.3 Å². The van der Waals surface area contributed by atoms with Gasteiger partial charge in [0.2, 0.25) is 10.0 Å². The molecule has 0 aliphatic rings. The molecule has 0 atom stereocenters. The smallest absolute Gasteiger partial charge is 0.339 e. The van der Waals surface area contributed by atoms with Crippen LogP contribution in [-0.4, -0.2) is 45.3 Å². The number of hydrogen-bond donors (Lipinski definition) is 1. The Labute approximate surface area is 164 Å². The Hall–Kier alpha value is -2.30. The SMILES string of the molecule is CN(C)S(=O)(=O)c1cccc(NC(=O)COC(=O)c2ccc(F)cc2Br)c1. The fourth-order valence-corrected chi connectivity index (χ4v) is 3.47. The maximum absolute atomic E-state index is 13.0. The number of hydrogen-bond acceptors (Lipinski definition) is 5. The maximum Gasteiger partial charge on any atom is 0.339 e. The zero-order valence-electron chi connectivity index (χ0n) is 14.4. The second-order valence-electron chi connectivity index (χ2n) is 5.56. The van der Waals surface area contributed by atoms with Crippen LogP contribution in [0.4, 0.5) is 10.1 Å². The van der Waals surface area contributed by atoms with Gasteiger partial charge in [-0.2, -0.15) is 0 Å². The van der Waals surface area contributed by atoms with Crippen LogP contribution in [0.15, 0.2) is 51.8 Å². The lowest BCUT2D eigenvalue weighted by molar-refractivity contribution is -0.119. The number of carbonyl (C=O) groups excluding carboxylic acids is 2. The largest absolute Gasteiger partial charge is 0.452 e. The summed E-state index contributed by atoms with van der Waals surface area (Å²) in [5.74, 6) is -1.98. The first-order valence-electron chi connectivity index (χ1n) is 7.56. The first kappa shape index (κ1) is 21.0. The molecule has 7 nitrogen and oxygen atoms in total. The zero-order valence-corrected chi connectivity index (χ0v) is 16.8. The minimum atomic E-state index is -3.64. The second-order valence-corrected chi connectivity index (χ2v) is 8.57. The van der Waals surface area contributed by atoms with E-state index in [9.17, 15) is 22.4 Å². The third kappa shape index (κ3) is 5.34. The summed E-state index contributed by atoms with van der Waals surface area (Å²) in [4.78, 5) is 23.9. The Balaban J connectivity index is 2.01. The number of anilines is 1. The normalized spacial score (nSPS) is 11.3. The molecule has 10 heteroatoms. The van der Waals surface area contributed by atoms with Crippen molar-refractivity contribution in [2.24, 2.45) is 0 Å². The van der Waals surface area contributed by atoms with Crippen LogP contribution in [0, 0.1) is 5.82 Å². The Kier molecular flexibility index (Phi) is 6.68. The summed E-state index contributed by atoms with van der Waals surface area (Å²) in [7, 11) is -0.852. The number of nitrogens with zero attached hydrogens (tertiary/aromatic N) is 1. The van der Waals surface area contributed by atoms with Gasteiger partial charge in [0, 0.05) is 24.3 Å². The van der Waals surface area contributed by atoms with Gasteiger partial charge in [0.1, 0.15) is 5.82 Å². The molecule has 27 heavy (non-hydrogen) atoms. The third-order valence-corrected chi connectivity index (χ3v) is 5.85. The van der Waals surface area contributed by atoms with Crippen molar-refractivity contribution < 1.29 is 27.1 Å². The van der Waals surface area contributed by atoms with Crippen molar-refractivity contribution in [3.63, 3.8) is 0 Å². The highest BCUT2D eigenvalue weighted by molar-refractivity contribution is 9.10. The van der Waals surface area contributed by atoms with Crippen LogP contribution >= 0.6 is 15.9 Å². The minimum absolute atomic E-state index is 0.0116. The van der Waals surface area contributed by atoms with E-state index in [1.54, 1.807) is 0 Å². The first-order chi connectivity index (χ1) is 12.6. The Morgan fingerprint density at radius 1 is 1.19 bits per heavy atom. The number of amides is 1. The summed E-state index contributed by atoms with van der Waals surface area (Å²) >= 11 is 3.04. The first-order valence-corrected chi connectivity index (χ1v) is 9.79. The standard InChI is InChI=1S/C17H16BrFN2O5S/c1-21(2)27(24,25)13-5-3-4-12(9-13)20-16(22)10-26-17(23)14-7-6-11(19)8-15(14)18/h3-9H,10H2,1-2H3,(H,20,22). The topological polar surface area (TPSA) is 92.8 Å². The quantitative estimate of drug-likeness (QED) is 0.671. The monoisotopic (exact) mass is 458 g/mol. The molecule has 2 rings (SSSR count). The number of ether oxygens (including phenoxy) is 1. The van der Waals surface area contributed by atoms with Gasteiger partial charge in [0.05, 0.1) is 10.5 Å². The molecule has 0 radical (unpaired) electrons. The molecular formula is C17H16BrFN2O5S. The van der Waals surface area contributed by atoms with Crippen molar-refractivity contribution in [3.8, 4) is 0 Å². The van der Waals surface area contributed by atoms with Gasteiger partial charge in [0.25, 0.3) is 5.91 Å². The van der Waals surface area contributed by atoms with E-state index in [0.29, 0.717) is 0 Å². The van der Waals surface area contributed by atoms with E-state index in [1.807, 2.05) is 0 Å². The number of rotatable bonds is 6. The Morgan fingerprint density at radius 3 is 2.52 bits per heavy atom. The van der Waals surface area contributed by atoms with Crippen LogP contribution in [0.3, 0.4) is 0 Å². The number of halogens is 2. The summed E-state index contributed by atoms with van der Waals surface area (Å²) in [5.41, 5.74) is 0.310. The highest BCUT2D eigenvalue weighted by Crippen LogP contribution is 2.20. The summed E-state index contributed by atoms with van der Waals surface area (Å²) in [6.07, 6.45) is 0. The number of nitrogens with one attached hydrogen (secondary N) is 1. The molecule has 0 aliphatic carbocycles. The van der Waals surface area contributed by atoms with Crippen LogP contribution in [0.2, 0.25) is 0 Å². The molecule has 0 aromatic heterocycles. The van der Waals surface area contributed by atoms with Crippen LogP contribution in [0.25, 0.3) is 0 Å². The Bertz CT molecular complexity index is 979. The summed E-state index contributed by atoms with van der Waals surface area (Å²) in [5, 5.41) is 2.45. The fourth-order valence-electron chi connectivity index (χ4n) is 2.01. The van der Waals surface area contributed by atoms with Gasteiger partial charge in [0.15, 0.2) is 6.61 Å². The molecule has 0 saturated heterocycles. The molecule has 0 spiro atoms. The van der Waals surface area contributed by atoms with Gasteiger partial charge < -0.3 is 10.1 Å². The molecule has 2 aromatic carbocycles. The van der Waals surface area contributed by atoms with Crippen molar-refractivity contribution >= 4 is 43.5 Å². The van der Waals surface area contributed by atoms with Crippen molar-refractivity contribution in [2.75, 3.05) is 26.0 Å². The molecule has 1 N–H and O–H groups in total. The van der Waals surface area contributed by atoms with Crippen LogP contribution in [0.5, 0.6) is 0 Å². The molecule has 144 valence electrons. The Morgan fingerprint density at radius 2 is 1.89 bits per heavy atom. The molecule has 0 bridgehead atoms. The molecule has 0 unspecified atom stereocenters. The summed E-state index contributed by atoms with van der Waals surface area (Å²) in [6.45, 7) is -0.590. The zero-order chi connectivity index (χ0) is 20.2. The fraction of sp³-hybridized carbons (Fsp3) is 0.176. The number of benzene rings is 2. The highest BCUT2D eigenvalue weighted by atomic mass is 79.9. The van der Waals surface area contributed by atoms with Crippen LogP contribution in [-0.2, 0) is 19.6 Å². The van der Waals surface area contributed by atoms with Gasteiger partial charge in [-0.05, 0) is 52.3 Å². The average Bonchev–Trinajstić information content (AvgIpc) is 2.59. The van der Waals surface area contributed by atoms with Gasteiger partial charge in [-0.3, -0.25) is 4.79 Å². The minimum Gasteiger partial charge on any atom is -0.452 e. The van der Waals surface area contributed by atoms with Crippen molar-refractivity contribution in [1.29, 1.82) is 0 Å². The lowest BCUT2D eigenvalue weighted by Crippen LogP contribution is -2.23. The predicted octanol–water partition coefficient (Wildman–Crippen LogP) is 2.63.